The van der Waals surface area contributed by atoms with Crippen LogP contribution in [0.5, 0.6) is 0 Å². The number of carbonyl (C=O) groups excluding carboxylic acids is 2. The normalized spacial score (nSPS) is 13.2. The average Bonchev–Trinajstić information content (AvgIpc) is 2.38. The number of ether oxygens (including phenoxy) is 1. The van der Waals surface area contributed by atoms with E-state index in [4.69, 9.17) is 0 Å². The van der Waals surface area contributed by atoms with Crippen LogP contribution < -0.4 is 5.32 Å². The van der Waals surface area contributed by atoms with Gasteiger partial charge < -0.3 is 10.1 Å². The molecule has 1 N–H and O–H groups in total. The summed E-state index contributed by atoms with van der Waals surface area (Å²) in [6.45, 7) is 1.49. The van der Waals surface area contributed by atoms with Crippen LogP contribution in [0.15, 0.2) is 24.3 Å². The highest BCUT2D eigenvalue weighted by Gasteiger charge is 2.34. The summed E-state index contributed by atoms with van der Waals surface area (Å²) in [7, 11) is 1.21. The van der Waals surface area contributed by atoms with Crippen molar-refractivity contribution >= 4 is 18.1 Å². The summed E-state index contributed by atoms with van der Waals surface area (Å²) in [4.78, 5) is 32.4. The highest BCUT2D eigenvalue weighted by Crippen LogP contribution is 2.19. The van der Waals surface area contributed by atoms with E-state index in [-0.39, 0.29) is 12.1 Å². The fourth-order valence-corrected chi connectivity index (χ4v) is 1.73. The Morgan fingerprint density at radius 3 is 2.79 bits per heavy atom. The van der Waals surface area contributed by atoms with Crippen molar-refractivity contribution in [2.75, 3.05) is 7.11 Å². The van der Waals surface area contributed by atoms with Crippen molar-refractivity contribution in [2.45, 2.75) is 18.9 Å². The Hall–Kier alpha value is -2.44. The maximum atomic E-state index is 11.7. The Labute approximate surface area is 109 Å². The quantitative estimate of drug-likeness (QED) is 0.355. The lowest BCUT2D eigenvalue weighted by Crippen LogP contribution is -2.51. The molecule has 0 aliphatic heterocycles. The number of hydrogen-bond acceptors (Lipinski definition) is 5. The van der Waals surface area contributed by atoms with Gasteiger partial charge in [0.05, 0.1) is 12.0 Å². The van der Waals surface area contributed by atoms with Crippen molar-refractivity contribution in [1.82, 2.24) is 5.32 Å². The van der Waals surface area contributed by atoms with Gasteiger partial charge in [-0.15, -0.1) is 0 Å². The third kappa shape index (κ3) is 3.51. The number of esters is 1. The van der Waals surface area contributed by atoms with E-state index < -0.39 is 16.4 Å². The molecule has 0 aliphatic carbocycles. The number of rotatable bonds is 6. The highest BCUT2D eigenvalue weighted by atomic mass is 16.6. The number of nitro benzene ring substituents is 1. The van der Waals surface area contributed by atoms with Crippen LogP contribution in [0.25, 0.3) is 0 Å². The molecule has 7 nitrogen and oxygen atoms in total. The Bertz CT molecular complexity index is 503. The van der Waals surface area contributed by atoms with Crippen molar-refractivity contribution in [3.63, 3.8) is 0 Å². The summed E-state index contributed by atoms with van der Waals surface area (Å²) in [5, 5.41) is 13.1. The molecular weight excluding hydrogens is 252 g/mol. The second kappa shape index (κ2) is 5.94. The first-order chi connectivity index (χ1) is 8.92. The lowest BCUT2D eigenvalue weighted by molar-refractivity contribution is -0.384. The lowest BCUT2D eigenvalue weighted by atomic mass is 9.93. The van der Waals surface area contributed by atoms with Crippen LogP contribution in [-0.2, 0) is 20.7 Å². The fourth-order valence-electron chi connectivity index (χ4n) is 1.73. The van der Waals surface area contributed by atoms with Crippen LogP contribution in [0.1, 0.15) is 12.5 Å². The average molecular weight is 266 g/mol. The second-order valence-corrected chi connectivity index (χ2v) is 4.19. The second-order valence-electron chi connectivity index (χ2n) is 4.19. The number of nitrogens with zero attached hydrogens (tertiary/aromatic N) is 1. The van der Waals surface area contributed by atoms with Gasteiger partial charge in [0.2, 0.25) is 6.41 Å². The number of non-ortho nitro benzene ring substituents is 1. The smallest absolute Gasteiger partial charge is 0.331 e. The maximum absolute atomic E-state index is 11.7. The van der Waals surface area contributed by atoms with Gasteiger partial charge in [0.1, 0.15) is 5.54 Å². The molecule has 0 radical (unpaired) electrons. The minimum absolute atomic E-state index is 0.0733. The number of amides is 1. The van der Waals surface area contributed by atoms with E-state index in [2.05, 4.69) is 10.1 Å². The summed E-state index contributed by atoms with van der Waals surface area (Å²) in [6, 6.07) is 5.87. The topological polar surface area (TPSA) is 98.5 Å². The van der Waals surface area contributed by atoms with Crippen LogP contribution in [0.3, 0.4) is 0 Å². The van der Waals surface area contributed by atoms with E-state index in [9.17, 15) is 19.7 Å². The van der Waals surface area contributed by atoms with Gasteiger partial charge in [0.15, 0.2) is 0 Å². The van der Waals surface area contributed by atoms with Gasteiger partial charge in [0, 0.05) is 18.6 Å². The number of carbonyl (C=O) groups is 2. The number of nitro groups is 1. The molecule has 0 aromatic heterocycles. The monoisotopic (exact) mass is 266 g/mol. The minimum atomic E-state index is -1.26. The van der Waals surface area contributed by atoms with Gasteiger partial charge in [-0.1, -0.05) is 12.1 Å². The van der Waals surface area contributed by atoms with Crippen LogP contribution in [0, 0.1) is 10.1 Å². The predicted octanol–water partition coefficient (Wildman–Crippen LogP) is 0.815. The van der Waals surface area contributed by atoms with Crippen molar-refractivity contribution in [2.24, 2.45) is 0 Å². The Kier molecular flexibility index (Phi) is 4.57. The van der Waals surface area contributed by atoms with Crippen molar-refractivity contribution in [3.8, 4) is 0 Å². The molecule has 0 unspecified atom stereocenters. The third-order valence-electron chi connectivity index (χ3n) is 2.69. The number of methoxy groups -OCH3 is 1. The van der Waals surface area contributed by atoms with Crippen LogP contribution in [0.2, 0.25) is 0 Å². The van der Waals surface area contributed by atoms with Crippen LogP contribution in [0.4, 0.5) is 5.69 Å². The molecule has 0 fully saturated rings. The molecule has 0 spiro atoms. The van der Waals surface area contributed by atoms with Gasteiger partial charge in [-0.2, -0.15) is 0 Å². The summed E-state index contributed by atoms with van der Waals surface area (Å²) in [6.07, 6.45) is 0.494. The predicted molar refractivity (Wildman–Crippen MR) is 66.4 cm³/mol. The van der Waals surface area contributed by atoms with E-state index in [1.54, 1.807) is 6.07 Å². The lowest BCUT2D eigenvalue weighted by Gasteiger charge is -2.25. The first-order valence-electron chi connectivity index (χ1n) is 5.46. The van der Waals surface area contributed by atoms with E-state index in [0.717, 1.165) is 0 Å². The molecule has 1 rings (SSSR count). The number of benzene rings is 1. The molecule has 0 saturated heterocycles. The molecule has 1 aromatic carbocycles. The zero-order chi connectivity index (χ0) is 14.5. The fraction of sp³-hybridized carbons (Fsp3) is 0.333. The van der Waals surface area contributed by atoms with E-state index >= 15 is 0 Å². The molecule has 0 aliphatic rings. The zero-order valence-electron chi connectivity index (χ0n) is 10.6. The summed E-state index contributed by atoms with van der Waals surface area (Å²) in [5.74, 6) is -0.619. The van der Waals surface area contributed by atoms with Crippen LogP contribution in [-0.4, -0.2) is 30.0 Å². The summed E-state index contributed by atoms with van der Waals surface area (Å²) in [5.41, 5.74) is -0.779. The molecule has 0 saturated carbocycles. The van der Waals surface area contributed by atoms with E-state index in [0.29, 0.717) is 12.0 Å². The van der Waals surface area contributed by atoms with E-state index in [1.165, 1.54) is 32.2 Å². The van der Waals surface area contributed by atoms with E-state index in [1.807, 2.05) is 0 Å². The van der Waals surface area contributed by atoms with Gasteiger partial charge in [-0.3, -0.25) is 14.9 Å². The van der Waals surface area contributed by atoms with Gasteiger partial charge in [-0.25, -0.2) is 4.79 Å². The number of hydrogen-bond donors (Lipinski definition) is 1. The van der Waals surface area contributed by atoms with Gasteiger partial charge in [-0.05, 0) is 12.5 Å². The highest BCUT2D eigenvalue weighted by molar-refractivity contribution is 5.83. The molecule has 1 amide bonds. The molecule has 1 atom stereocenters. The molecule has 7 heteroatoms. The standard InChI is InChI=1S/C12H14N2O5/c1-12(13-8-15,11(16)19-2)7-9-4-3-5-10(6-9)14(17)18/h3-6,8H,7H2,1-2H3,(H,13,15)/t12-/m0/s1. The Morgan fingerprint density at radius 1 is 1.58 bits per heavy atom. The minimum Gasteiger partial charge on any atom is -0.467 e. The molecule has 102 valence electrons. The third-order valence-corrected chi connectivity index (χ3v) is 2.69. The summed E-state index contributed by atoms with van der Waals surface area (Å²) < 4.78 is 4.62. The number of nitrogens with one attached hydrogen (secondary N) is 1. The maximum Gasteiger partial charge on any atom is 0.331 e. The summed E-state index contributed by atoms with van der Waals surface area (Å²) >= 11 is 0. The van der Waals surface area contributed by atoms with Crippen molar-refractivity contribution in [3.05, 3.63) is 39.9 Å². The molecule has 1 aromatic rings. The molecule has 0 heterocycles. The van der Waals surface area contributed by atoms with Crippen molar-refractivity contribution < 1.29 is 19.2 Å². The van der Waals surface area contributed by atoms with Gasteiger partial charge in [0.25, 0.3) is 5.69 Å². The molecule has 19 heavy (non-hydrogen) atoms. The SMILES string of the molecule is COC(=O)[C@](C)(Cc1cccc([N+](=O)[O-])c1)NC=O. The van der Waals surface area contributed by atoms with Crippen molar-refractivity contribution in [1.29, 1.82) is 0 Å². The zero-order valence-corrected chi connectivity index (χ0v) is 10.6. The Balaban J connectivity index is 3.03. The molecular formula is C12H14N2O5. The first-order valence-corrected chi connectivity index (χ1v) is 5.46. The first kappa shape index (κ1) is 14.6. The molecule has 0 bridgehead atoms. The van der Waals surface area contributed by atoms with Gasteiger partial charge >= 0.3 is 5.97 Å². The Morgan fingerprint density at radius 2 is 2.26 bits per heavy atom. The largest absolute Gasteiger partial charge is 0.467 e. The van der Waals surface area contributed by atoms with Crippen LogP contribution >= 0.6 is 0 Å².